The average molecular weight is 193 g/mol. The maximum Gasteiger partial charge on any atom is 0.113 e. The van der Waals surface area contributed by atoms with Crippen molar-refractivity contribution in [1.29, 1.82) is 0 Å². The van der Waals surface area contributed by atoms with Crippen molar-refractivity contribution in [2.75, 3.05) is 6.26 Å². The molecule has 0 aliphatic carbocycles. The Labute approximate surface area is 81.1 Å². The number of aromatic nitrogens is 3. The summed E-state index contributed by atoms with van der Waals surface area (Å²) in [5.74, 6) is 0. The molecule has 0 spiro atoms. The van der Waals surface area contributed by atoms with Gasteiger partial charge in [-0.1, -0.05) is 17.3 Å². The Bertz CT molecular complexity index is 410. The fourth-order valence-electron chi connectivity index (χ4n) is 1.26. The van der Waals surface area contributed by atoms with Crippen LogP contribution in [0.15, 0.2) is 24.3 Å². The Morgan fingerprint density at radius 1 is 1.38 bits per heavy atom. The minimum Gasteiger partial charge on any atom is -0.232 e. The summed E-state index contributed by atoms with van der Waals surface area (Å²) in [7, 11) is 0. The molecule has 0 aliphatic heterocycles. The van der Waals surface area contributed by atoms with Crippen LogP contribution in [0.2, 0.25) is 0 Å². The van der Waals surface area contributed by atoms with Gasteiger partial charge in [0.15, 0.2) is 0 Å². The van der Waals surface area contributed by atoms with Crippen molar-refractivity contribution < 1.29 is 0 Å². The monoisotopic (exact) mass is 193 g/mol. The van der Waals surface area contributed by atoms with E-state index >= 15 is 0 Å². The highest BCUT2D eigenvalue weighted by molar-refractivity contribution is 7.98. The Hall–Kier alpha value is -1.03. The lowest BCUT2D eigenvalue weighted by molar-refractivity contribution is 0.632. The van der Waals surface area contributed by atoms with Crippen LogP contribution in [0.3, 0.4) is 0 Å². The lowest BCUT2D eigenvalue weighted by atomic mass is 10.3. The quantitative estimate of drug-likeness (QED) is 0.733. The second kappa shape index (κ2) is 3.38. The molecule has 2 aromatic rings. The third-order valence-electron chi connectivity index (χ3n) is 2.06. The van der Waals surface area contributed by atoms with Gasteiger partial charge in [0.25, 0.3) is 0 Å². The largest absolute Gasteiger partial charge is 0.232 e. The van der Waals surface area contributed by atoms with Gasteiger partial charge >= 0.3 is 0 Å². The minimum absolute atomic E-state index is 0.340. The van der Waals surface area contributed by atoms with Crippen LogP contribution in [0, 0.1) is 0 Å². The molecule has 1 unspecified atom stereocenters. The van der Waals surface area contributed by atoms with Gasteiger partial charge in [0.05, 0.1) is 10.9 Å². The second-order valence-corrected chi connectivity index (χ2v) is 4.01. The zero-order valence-electron chi connectivity index (χ0n) is 7.64. The summed E-state index contributed by atoms with van der Waals surface area (Å²) in [5.41, 5.74) is 2.06. The number of fused-ring (bicyclic) bond motifs is 1. The predicted molar refractivity (Wildman–Crippen MR) is 55.8 cm³/mol. The zero-order chi connectivity index (χ0) is 9.26. The molecule has 0 radical (unpaired) electrons. The number of rotatable bonds is 2. The highest BCUT2D eigenvalue weighted by atomic mass is 32.2. The molecule has 3 nitrogen and oxygen atoms in total. The lowest BCUT2D eigenvalue weighted by Crippen LogP contribution is -2.02. The Morgan fingerprint density at radius 3 is 2.92 bits per heavy atom. The highest BCUT2D eigenvalue weighted by Gasteiger charge is 2.08. The summed E-state index contributed by atoms with van der Waals surface area (Å²) >= 11 is 1.76. The minimum atomic E-state index is 0.340. The number of thioether (sulfide) groups is 1. The molecule has 0 aliphatic rings. The molecule has 0 saturated carbocycles. The Kier molecular flexibility index (Phi) is 2.22. The molecule has 0 saturated heterocycles. The summed E-state index contributed by atoms with van der Waals surface area (Å²) in [5, 5.41) is 8.54. The zero-order valence-corrected chi connectivity index (χ0v) is 8.45. The van der Waals surface area contributed by atoms with Crippen molar-refractivity contribution in [2.24, 2.45) is 0 Å². The Balaban J connectivity index is 2.57. The third-order valence-corrected chi connectivity index (χ3v) is 2.94. The van der Waals surface area contributed by atoms with E-state index in [0.29, 0.717) is 5.37 Å². The first kappa shape index (κ1) is 8.56. The van der Waals surface area contributed by atoms with Gasteiger partial charge in [0.1, 0.15) is 5.52 Å². The smallest absolute Gasteiger partial charge is 0.113 e. The number of para-hydroxylation sites is 1. The van der Waals surface area contributed by atoms with Gasteiger partial charge < -0.3 is 0 Å². The molecule has 1 aromatic carbocycles. The summed E-state index contributed by atoms with van der Waals surface area (Å²) in [4.78, 5) is 0. The molecule has 68 valence electrons. The average Bonchev–Trinajstić information content (AvgIpc) is 2.60. The molecule has 0 N–H and O–H groups in total. The van der Waals surface area contributed by atoms with Crippen molar-refractivity contribution >= 4 is 22.8 Å². The molecule has 1 aromatic heterocycles. The molecular weight excluding hydrogens is 182 g/mol. The number of hydrogen-bond donors (Lipinski definition) is 0. The topological polar surface area (TPSA) is 30.7 Å². The first-order valence-corrected chi connectivity index (χ1v) is 5.44. The molecule has 0 amide bonds. The van der Waals surface area contributed by atoms with Gasteiger partial charge in [-0.05, 0) is 25.3 Å². The predicted octanol–water partition coefficient (Wildman–Crippen LogP) is 2.31. The second-order valence-electron chi connectivity index (χ2n) is 2.86. The fourth-order valence-corrected chi connectivity index (χ4v) is 1.61. The molecule has 1 atom stereocenters. The van der Waals surface area contributed by atoms with E-state index in [1.54, 1.807) is 11.8 Å². The van der Waals surface area contributed by atoms with Gasteiger partial charge in [-0.3, -0.25) is 0 Å². The molecule has 1 heterocycles. The third kappa shape index (κ3) is 1.42. The van der Waals surface area contributed by atoms with Gasteiger partial charge in [-0.2, -0.15) is 0 Å². The summed E-state index contributed by atoms with van der Waals surface area (Å²) in [6, 6.07) is 8.01. The van der Waals surface area contributed by atoms with Crippen LogP contribution in [-0.4, -0.2) is 21.2 Å². The molecule has 0 bridgehead atoms. The van der Waals surface area contributed by atoms with Crippen LogP contribution in [0.1, 0.15) is 12.3 Å². The van der Waals surface area contributed by atoms with Crippen LogP contribution in [0.25, 0.3) is 11.0 Å². The van der Waals surface area contributed by atoms with Crippen molar-refractivity contribution in [1.82, 2.24) is 15.0 Å². The van der Waals surface area contributed by atoms with Gasteiger partial charge in [0, 0.05) is 0 Å². The molecule has 13 heavy (non-hydrogen) atoms. The van der Waals surface area contributed by atoms with Crippen LogP contribution in [0.5, 0.6) is 0 Å². The normalized spacial score (nSPS) is 13.4. The van der Waals surface area contributed by atoms with Gasteiger partial charge in [-0.15, -0.1) is 16.9 Å². The van der Waals surface area contributed by atoms with E-state index in [0.717, 1.165) is 11.0 Å². The van der Waals surface area contributed by atoms with Crippen LogP contribution in [-0.2, 0) is 0 Å². The maximum absolute atomic E-state index is 4.11. The maximum atomic E-state index is 4.11. The van der Waals surface area contributed by atoms with Crippen molar-refractivity contribution in [3.05, 3.63) is 24.3 Å². The van der Waals surface area contributed by atoms with Crippen molar-refractivity contribution in [3.63, 3.8) is 0 Å². The first-order valence-electron chi connectivity index (χ1n) is 4.15. The number of nitrogens with zero attached hydrogens (tertiary/aromatic N) is 3. The van der Waals surface area contributed by atoms with Gasteiger partial charge in [0.2, 0.25) is 0 Å². The van der Waals surface area contributed by atoms with E-state index in [1.807, 2.05) is 28.9 Å². The van der Waals surface area contributed by atoms with Crippen LogP contribution >= 0.6 is 11.8 Å². The van der Waals surface area contributed by atoms with Crippen LogP contribution in [0.4, 0.5) is 0 Å². The summed E-state index contributed by atoms with van der Waals surface area (Å²) < 4.78 is 1.94. The molecule has 2 rings (SSSR count). The van der Waals surface area contributed by atoms with E-state index in [2.05, 4.69) is 23.5 Å². The summed E-state index contributed by atoms with van der Waals surface area (Å²) in [6.07, 6.45) is 2.07. The molecule has 0 fully saturated rings. The Morgan fingerprint density at radius 2 is 2.15 bits per heavy atom. The SMILES string of the molecule is CSC(C)n1nnc2ccccc21. The van der Waals surface area contributed by atoms with E-state index < -0.39 is 0 Å². The van der Waals surface area contributed by atoms with E-state index in [4.69, 9.17) is 0 Å². The summed E-state index contributed by atoms with van der Waals surface area (Å²) in [6.45, 7) is 2.12. The lowest BCUT2D eigenvalue weighted by Gasteiger charge is -2.07. The van der Waals surface area contributed by atoms with E-state index in [-0.39, 0.29) is 0 Å². The highest BCUT2D eigenvalue weighted by Crippen LogP contribution is 2.21. The number of hydrogen-bond acceptors (Lipinski definition) is 3. The van der Waals surface area contributed by atoms with Gasteiger partial charge in [-0.25, -0.2) is 4.68 Å². The standard InChI is InChI=1S/C9H11N3S/c1-7(13-2)12-9-6-4-3-5-8(9)10-11-12/h3-7H,1-2H3. The first-order chi connectivity index (χ1) is 6.33. The van der Waals surface area contributed by atoms with Crippen LogP contribution < -0.4 is 0 Å². The molecule has 4 heteroatoms. The van der Waals surface area contributed by atoms with E-state index in [9.17, 15) is 0 Å². The van der Waals surface area contributed by atoms with Crippen molar-refractivity contribution in [2.45, 2.75) is 12.3 Å². The van der Waals surface area contributed by atoms with E-state index in [1.165, 1.54) is 0 Å². The molecular formula is C9H11N3S. The van der Waals surface area contributed by atoms with Crippen molar-refractivity contribution in [3.8, 4) is 0 Å². The number of benzene rings is 1. The fraction of sp³-hybridized carbons (Fsp3) is 0.333.